The van der Waals surface area contributed by atoms with E-state index in [9.17, 15) is 4.79 Å². The van der Waals surface area contributed by atoms with Gasteiger partial charge in [0.15, 0.2) is 5.79 Å². The van der Waals surface area contributed by atoms with E-state index in [1.54, 1.807) is 26.5 Å². The third-order valence-electron chi connectivity index (χ3n) is 3.12. The van der Waals surface area contributed by atoms with Gasteiger partial charge in [-0.15, -0.1) is 0 Å². The molecule has 0 radical (unpaired) electrons. The third-order valence-corrected chi connectivity index (χ3v) is 3.12. The fraction of sp³-hybridized carbons (Fsp3) is 0.500. The predicted molar refractivity (Wildman–Crippen MR) is 63.2 cm³/mol. The quantitative estimate of drug-likeness (QED) is 0.773. The number of nitrogens with zero attached hydrogens (tertiary/aromatic N) is 2. The number of carboxylic acid groups (broad SMARTS) is 1. The van der Waals surface area contributed by atoms with E-state index in [-0.39, 0.29) is 5.69 Å². The number of aromatic carboxylic acids is 1. The first-order valence-electron chi connectivity index (χ1n) is 5.59. The smallest absolute Gasteiger partial charge is 0.354 e. The molecule has 1 aromatic heterocycles. The molecule has 2 rings (SSSR count). The van der Waals surface area contributed by atoms with Crippen molar-refractivity contribution < 1.29 is 19.4 Å². The van der Waals surface area contributed by atoms with Gasteiger partial charge >= 0.3 is 5.97 Å². The molecular formula is C12H16N2O4. The highest BCUT2D eigenvalue weighted by molar-refractivity contribution is 5.85. The van der Waals surface area contributed by atoms with Gasteiger partial charge in [-0.05, 0) is 11.6 Å². The molecule has 0 bridgehead atoms. The van der Waals surface area contributed by atoms with Crippen molar-refractivity contribution >= 4 is 5.97 Å². The molecule has 1 saturated heterocycles. The molecule has 0 aliphatic carbocycles. The number of methoxy groups -OCH3 is 2. The second-order valence-electron chi connectivity index (χ2n) is 4.32. The van der Waals surface area contributed by atoms with E-state index >= 15 is 0 Å². The minimum atomic E-state index is -1.01. The van der Waals surface area contributed by atoms with Gasteiger partial charge in [0.2, 0.25) is 0 Å². The van der Waals surface area contributed by atoms with Crippen LogP contribution in [0.5, 0.6) is 0 Å². The minimum absolute atomic E-state index is 0.0606. The summed E-state index contributed by atoms with van der Waals surface area (Å²) in [5.74, 6) is -1.50. The van der Waals surface area contributed by atoms with Crippen molar-refractivity contribution in [3.63, 3.8) is 0 Å². The number of aromatic nitrogens is 1. The molecule has 1 aliphatic heterocycles. The second-order valence-corrected chi connectivity index (χ2v) is 4.32. The highest BCUT2D eigenvalue weighted by Crippen LogP contribution is 2.26. The van der Waals surface area contributed by atoms with Gasteiger partial charge in [-0.25, -0.2) is 9.78 Å². The zero-order valence-corrected chi connectivity index (χ0v) is 10.4. The Bertz CT molecular complexity index is 420. The zero-order valence-electron chi connectivity index (χ0n) is 10.4. The van der Waals surface area contributed by atoms with E-state index in [0.29, 0.717) is 19.6 Å². The van der Waals surface area contributed by atoms with Crippen LogP contribution in [0, 0.1) is 0 Å². The molecule has 1 aromatic rings. The van der Waals surface area contributed by atoms with Crippen LogP contribution >= 0.6 is 0 Å². The molecule has 0 atom stereocenters. The van der Waals surface area contributed by atoms with Crippen LogP contribution in [-0.4, -0.2) is 54.1 Å². The maximum atomic E-state index is 10.7. The summed E-state index contributed by atoms with van der Waals surface area (Å²) in [5.41, 5.74) is 1.03. The molecular weight excluding hydrogens is 236 g/mol. The predicted octanol–water partition coefficient (Wildman–Crippen LogP) is 0.584. The monoisotopic (exact) mass is 252 g/mol. The molecule has 0 spiro atoms. The van der Waals surface area contributed by atoms with Gasteiger partial charge in [-0.1, -0.05) is 6.07 Å². The lowest BCUT2D eigenvalue weighted by Crippen LogP contribution is -2.63. The van der Waals surface area contributed by atoms with Crippen molar-refractivity contribution in [3.05, 3.63) is 29.6 Å². The lowest BCUT2D eigenvalue weighted by atomic mass is 10.1. The molecule has 98 valence electrons. The van der Waals surface area contributed by atoms with Crippen LogP contribution in [0.2, 0.25) is 0 Å². The first kappa shape index (κ1) is 12.9. The number of rotatable bonds is 5. The standard InChI is InChI=1S/C12H16N2O4/c1-17-12(18-2)7-14(8-12)6-9-3-4-10(11(15)16)13-5-9/h3-5H,6-8H2,1-2H3,(H,15,16). The number of carboxylic acids is 1. The SMILES string of the molecule is COC1(OC)CN(Cc2ccc(C(=O)O)nc2)C1. The molecule has 0 unspecified atom stereocenters. The van der Waals surface area contributed by atoms with Gasteiger partial charge in [0.1, 0.15) is 5.69 Å². The Hall–Kier alpha value is -1.50. The number of hydrogen-bond acceptors (Lipinski definition) is 5. The Balaban J connectivity index is 1.90. The van der Waals surface area contributed by atoms with E-state index in [0.717, 1.165) is 5.56 Å². The molecule has 1 N–H and O–H groups in total. The molecule has 0 saturated carbocycles. The van der Waals surface area contributed by atoms with Crippen molar-refractivity contribution in [3.8, 4) is 0 Å². The molecule has 2 heterocycles. The van der Waals surface area contributed by atoms with Gasteiger partial charge in [-0.2, -0.15) is 0 Å². The Morgan fingerprint density at radius 3 is 2.56 bits per heavy atom. The van der Waals surface area contributed by atoms with Crippen LogP contribution in [0.15, 0.2) is 18.3 Å². The van der Waals surface area contributed by atoms with Crippen LogP contribution in [0.25, 0.3) is 0 Å². The Morgan fingerprint density at radius 1 is 1.44 bits per heavy atom. The van der Waals surface area contributed by atoms with E-state index in [1.165, 1.54) is 6.07 Å². The van der Waals surface area contributed by atoms with Crippen molar-refractivity contribution in [2.45, 2.75) is 12.3 Å². The average Bonchev–Trinajstić information content (AvgIpc) is 2.34. The van der Waals surface area contributed by atoms with Crippen molar-refractivity contribution in [1.29, 1.82) is 0 Å². The summed E-state index contributed by atoms with van der Waals surface area (Å²) < 4.78 is 10.6. The minimum Gasteiger partial charge on any atom is -0.477 e. The topological polar surface area (TPSA) is 71.9 Å². The maximum absolute atomic E-state index is 10.7. The zero-order chi connectivity index (χ0) is 13.2. The summed E-state index contributed by atoms with van der Waals surface area (Å²) >= 11 is 0. The van der Waals surface area contributed by atoms with Crippen LogP contribution in [0.1, 0.15) is 16.1 Å². The molecule has 0 aromatic carbocycles. The Labute approximate surface area is 105 Å². The van der Waals surface area contributed by atoms with Crippen LogP contribution in [0.3, 0.4) is 0 Å². The summed E-state index contributed by atoms with van der Waals surface area (Å²) in [7, 11) is 3.26. The van der Waals surface area contributed by atoms with E-state index in [2.05, 4.69) is 9.88 Å². The first-order valence-corrected chi connectivity index (χ1v) is 5.59. The highest BCUT2D eigenvalue weighted by atomic mass is 16.7. The van der Waals surface area contributed by atoms with Gasteiger partial charge in [0, 0.05) is 27.0 Å². The normalized spacial score (nSPS) is 18.3. The molecule has 1 fully saturated rings. The number of likely N-dealkylation sites (tertiary alicyclic amines) is 1. The number of ether oxygens (including phenoxy) is 2. The van der Waals surface area contributed by atoms with Crippen molar-refractivity contribution in [2.75, 3.05) is 27.3 Å². The Morgan fingerprint density at radius 2 is 2.11 bits per heavy atom. The lowest BCUT2D eigenvalue weighted by molar-refractivity contribution is -0.277. The van der Waals surface area contributed by atoms with Gasteiger partial charge in [-0.3, -0.25) is 4.90 Å². The number of carbonyl (C=O) groups is 1. The van der Waals surface area contributed by atoms with E-state index < -0.39 is 11.8 Å². The molecule has 18 heavy (non-hydrogen) atoms. The largest absolute Gasteiger partial charge is 0.477 e. The molecule has 6 heteroatoms. The van der Waals surface area contributed by atoms with Gasteiger partial charge in [0.05, 0.1) is 13.1 Å². The summed E-state index contributed by atoms with van der Waals surface area (Å²) in [6, 6.07) is 3.29. The average molecular weight is 252 g/mol. The molecule has 6 nitrogen and oxygen atoms in total. The summed E-state index contributed by atoms with van der Waals surface area (Å²) in [6.45, 7) is 2.10. The fourth-order valence-corrected chi connectivity index (χ4v) is 1.99. The Kier molecular flexibility index (Phi) is 3.60. The fourth-order valence-electron chi connectivity index (χ4n) is 1.99. The lowest BCUT2D eigenvalue weighted by Gasteiger charge is -2.47. The van der Waals surface area contributed by atoms with Crippen molar-refractivity contribution in [2.24, 2.45) is 0 Å². The third kappa shape index (κ3) is 2.50. The first-order chi connectivity index (χ1) is 8.58. The summed E-state index contributed by atoms with van der Waals surface area (Å²) in [6.07, 6.45) is 1.59. The van der Waals surface area contributed by atoms with Gasteiger partial charge in [0.25, 0.3) is 0 Å². The summed E-state index contributed by atoms with van der Waals surface area (Å²) in [4.78, 5) is 16.7. The van der Waals surface area contributed by atoms with Crippen LogP contribution in [0.4, 0.5) is 0 Å². The molecule has 0 amide bonds. The summed E-state index contributed by atoms with van der Waals surface area (Å²) in [5, 5.41) is 8.74. The van der Waals surface area contributed by atoms with Crippen molar-refractivity contribution in [1.82, 2.24) is 9.88 Å². The molecule has 1 aliphatic rings. The van der Waals surface area contributed by atoms with Crippen LogP contribution < -0.4 is 0 Å². The number of pyridine rings is 1. The van der Waals surface area contributed by atoms with Crippen LogP contribution in [-0.2, 0) is 16.0 Å². The highest BCUT2D eigenvalue weighted by Gasteiger charge is 2.43. The number of hydrogen-bond donors (Lipinski definition) is 1. The maximum Gasteiger partial charge on any atom is 0.354 e. The second kappa shape index (κ2) is 5.01. The van der Waals surface area contributed by atoms with E-state index in [1.807, 2.05) is 0 Å². The van der Waals surface area contributed by atoms with Gasteiger partial charge < -0.3 is 14.6 Å². The van der Waals surface area contributed by atoms with E-state index in [4.69, 9.17) is 14.6 Å².